The van der Waals surface area contributed by atoms with E-state index < -0.39 is 6.04 Å². The summed E-state index contributed by atoms with van der Waals surface area (Å²) in [6, 6.07) is 23.5. The number of anilines is 3. The predicted molar refractivity (Wildman–Crippen MR) is 161 cm³/mol. The number of nitrogens with zero attached hydrogens (tertiary/aromatic N) is 2. The lowest BCUT2D eigenvalue weighted by molar-refractivity contribution is -0.120. The number of allylic oxidation sites excluding steroid dienone is 1. The van der Waals surface area contributed by atoms with Crippen LogP contribution >= 0.6 is 0 Å². The summed E-state index contributed by atoms with van der Waals surface area (Å²) in [5, 5.41) is 6.69. The van der Waals surface area contributed by atoms with Gasteiger partial charge < -0.3 is 25.2 Å². The van der Waals surface area contributed by atoms with Gasteiger partial charge in [-0.25, -0.2) is 0 Å². The Hall–Kier alpha value is -4.26. The normalized spacial score (nSPS) is 17.8. The lowest BCUT2D eigenvalue weighted by Gasteiger charge is -2.38. The summed E-state index contributed by atoms with van der Waals surface area (Å²) < 4.78 is 5.46. The van der Waals surface area contributed by atoms with Crippen LogP contribution in [0.2, 0.25) is 0 Å². The summed E-state index contributed by atoms with van der Waals surface area (Å²) in [6.07, 6.45) is 1.21. The molecule has 7 nitrogen and oxygen atoms in total. The van der Waals surface area contributed by atoms with E-state index in [0.29, 0.717) is 13.0 Å². The number of ether oxygens (including phenoxy) is 1. The van der Waals surface area contributed by atoms with E-state index in [-0.39, 0.29) is 23.7 Å². The smallest absolute Gasteiger partial charge is 0.239 e. The number of Topliss-reactive ketones (excluding diaryl/α,β-unsaturated/α-hetero) is 1. The Morgan fingerprint density at radius 3 is 2.45 bits per heavy atom. The molecule has 2 aliphatic rings. The van der Waals surface area contributed by atoms with Crippen LogP contribution in [0.4, 0.5) is 17.1 Å². The Kier molecular flexibility index (Phi) is 7.57. The highest BCUT2D eigenvalue weighted by molar-refractivity contribution is 6.02. The number of para-hydroxylation sites is 3. The van der Waals surface area contributed by atoms with Crippen molar-refractivity contribution in [3.63, 3.8) is 0 Å². The molecular weight excluding hydrogens is 500 g/mol. The van der Waals surface area contributed by atoms with E-state index in [1.165, 1.54) is 0 Å². The van der Waals surface area contributed by atoms with Crippen molar-refractivity contribution >= 4 is 28.8 Å². The first kappa shape index (κ1) is 27.3. The van der Waals surface area contributed by atoms with Crippen LogP contribution in [0.3, 0.4) is 0 Å². The highest BCUT2D eigenvalue weighted by atomic mass is 16.5. The number of fused-ring (bicyclic) bond motifs is 1. The van der Waals surface area contributed by atoms with Crippen LogP contribution in [0.1, 0.15) is 43.9 Å². The summed E-state index contributed by atoms with van der Waals surface area (Å²) in [4.78, 5) is 31.5. The minimum absolute atomic E-state index is 0.0847. The zero-order chi connectivity index (χ0) is 28.4. The fourth-order valence-electron chi connectivity index (χ4n) is 5.78. The lowest BCUT2D eigenvalue weighted by atomic mass is 9.73. The number of carbonyl (C=O) groups excluding carboxylic acids is 2. The van der Waals surface area contributed by atoms with Crippen LogP contribution in [-0.4, -0.2) is 39.4 Å². The second-order valence-electron chi connectivity index (χ2n) is 11.6. The van der Waals surface area contributed by atoms with Crippen molar-refractivity contribution in [2.24, 2.45) is 5.41 Å². The van der Waals surface area contributed by atoms with Gasteiger partial charge >= 0.3 is 0 Å². The topological polar surface area (TPSA) is 73.9 Å². The highest BCUT2D eigenvalue weighted by Crippen LogP contribution is 2.48. The van der Waals surface area contributed by atoms with Crippen LogP contribution in [0.15, 0.2) is 84.1 Å². The number of methoxy groups -OCH3 is 1. The second-order valence-corrected chi connectivity index (χ2v) is 11.6. The van der Waals surface area contributed by atoms with Gasteiger partial charge in [0.25, 0.3) is 0 Å². The first-order valence-electron chi connectivity index (χ1n) is 13.7. The molecule has 5 rings (SSSR count). The fraction of sp³-hybridized carbons (Fsp3) is 0.333. The number of nitrogens with one attached hydrogen (secondary N) is 2. The molecule has 1 atom stereocenters. The number of benzene rings is 3. The molecule has 3 aromatic rings. The molecule has 2 N–H and O–H groups in total. The maximum absolute atomic E-state index is 13.9. The molecule has 40 heavy (non-hydrogen) atoms. The molecule has 208 valence electrons. The van der Waals surface area contributed by atoms with Gasteiger partial charge in [-0.15, -0.1) is 0 Å². The van der Waals surface area contributed by atoms with Crippen molar-refractivity contribution in [3.05, 3.63) is 95.2 Å². The molecule has 0 saturated heterocycles. The summed E-state index contributed by atoms with van der Waals surface area (Å²) >= 11 is 0. The van der Waals surface area contributed by atoms with Gasteiger partial charge in [-0.3, -0.25) is 9.59 Å². The quantitative estimate of drug-likeness (QED) is 0.402. The summed E-state index contributed by atoms with van der Waals surface area (Å²) in [5.41, 5.74) is 6.25. The summed E-state index contributed by atoms with van der Waals surface area (Å²) in [6.45, 7) is 4.70. The van der Waals surface area contributed by atoms with E-state index in [1.54, 1.807) is 7.11 Å². The van der Waals surface area contributed by atoms with E-state index in [2.05, 4.69) is 58.5 Å². The summed E-state index contributed by atoms with van der Waals surface area (Å²) in [5.74, 6) is 0.715. The van der Waals surface area contributed by atoms with Gasteiger partial charge in [0, 0.05) is 49.6 Å². The van der Waals surface area contributed by atoms with Gasteiger partial charge in [0.05, 0.1) is 31.1 Å². The second kappa shape index (κ2) is 11.1. The Balaban J connectivity index is 1.57. The molecule has 3 aromatic carbocycles. The van der Waals surface area contributed by atoms with Gasteiger partial charge in [0.1, 0.15) is 5.75 Å². The van der Waals surface area contributed by atoms with E-state index in [0.717, 1.165) is 51.6 Å². The number of rotatable bonds is 7. The number of carbonyl (C=O) groups is 2. The fourth-order valence-corrected chi connectivity index (χ4v) is 5.78. The minimum atomic E-state index is -0.414. The van der Waals surface area contributed by atoms with E-state index >= 15 is 0 Å². The molecule has 0 radical (unpaired) electrons. The maximum atomic E-state index is 13.9. The molecule has 0 aromatic heterocycles. The Bertz CT molecular complexity index is 1440. The van der Waals surface area contributed by atoms with Crippen molar-refractivity contribution in [1.82, 2.24) is 5.32 Å². The van der Waals surface area contributed by atoms with Crippen molar-refractivity contribution in [1.29, 1.82) is 0 Å². The molecule has 1 unspecified atom stereocenters. The van der Waals surface area contributed by atoms with E-state index in [1.807, 2.05) is 62.6 Å². The molecular formula is C33H38N4O3. The van der Waals surface area contributed by atoms with Crippen molar-refractivity contribution < 1.29 is 14.3 Å². The van der Waals surface area contributed by atoms with Crippen molar-refractivity contribution in [2.45, 2.75) is 39.3 Å². The first-order valence-corrected chi connectivity index (χ1v) is 13.7. The van der Waals surface area contributed by atoms with Crippen molar-refractivity contribution in [3.8, 4) is 5.75 Å². The lowest BCUT2D eigenvalue weighted by Crippen LogP contribution is -2.42. The molecule has 7 heteroatoms. The molecule has 0 bridgehead atoms. The zero-order valence-corrected chi connectivity index (χ0v) is 24.0. The van der Waals surface area contributed by atoms with Gasteiger partial charge in [0.15, 0.2) is 5.78 Å². The Morgan fingerprint density at radius 2 is 1.73 bits per heavy atom. The molecule has 1 amide bonds. The van der Waals surface area contributed by atoms with E-state index in [9.17, 15) is 9.59 Å². The Labute approximate surface area is 236 Å². The van der Waals surface area contributed by atoms with Gasteiger partial charge in [0.2, 0.25) is 5.91 Å². The standard InChI is InChI=1S/C33H38N4O3/c1-33(2)18-26-31(28(38)19-33)32(22-14-16-24(17-15-22)36(3)4)37(27-12-8-7-11-25(27)35-26)21-30(39)34-20-23-10-6-9-13-29(23)40-5/h6-17,32,35H,18-21H2,1-5H3,(H,34,39). The third kappa shape index (κ3) is 5.55. The van der Waals surface area contributed by atoms with Crippen LogP contribution < -0.4 is 25.2 Å². The van der Waals surface area contributed by atoms with E-state index in [4.69, 9.17) is 4.74 Å². The number of hydrogen-bond acceptors (Lipinski definition) is 6. The van der Waals surface area contributed by atoms with Gasteiger partial charge in [-0.2, -0.15) is 0 Å². The number of ketones is 1. The maximum Gasteiger partial charge on any atom is 0.239 e. The zero-order valence-electron chi connectivity index (χ0n) is 24.0. The van der Waals surface area contributed by atoms with Crippen LogP contribution in [0.25, 0.3) is 0 Å². The Morgan fingerprint density at radius 1 is 1.02 bits per heavy atom. The third-order valence-corrected chi connectivity index (χ3v) is 7.71. The van der Waals surface area contributed by atoms with Gasteiger partial charge in [-0.1, -0.05) is 56.3 Å². The monoisotopic (exact) mass is 538 g/mol. The molecule has 1 aliphatic carbocycles. The van der Waals surface area contributed by atoms with Crippen LogP contribution in [-0.2, 0) is 16.1 Å². The van der Waals surface area contributed by atoms with Crippen molar-refractivity contribution in [2.75, 3.05) is 42.9 Å². The van der Waals surface area contributed by atoms with Gasteiger partial charge in [-0.05, 0) is 47.7 Å². The average Bonchev–Trinajstić information content (AvgIpc) is 3.06. The summed E-state index contributed by atoms with van der Waals surface area (Å²) in [7, 11) is 5.64. The predicted octanol–water partition coefficient (Wildman–Crippen LogP) is 5.69. The SMILES string of the molecule is COc1ccccc1CNC(=O)CN1c2ccccc2NC2=C(C(=O)CC(C)(C)C2)C1c1ccc(N(C)C)cc1. The molecule has 0 spiro atoms. The highest BCUT2D eigenvalue weighted by Gasteiger charge is 2.41. The first-order chi connectivity index (χ1) is 19.2. The average molecular weight is 539 g/mol. The number of hydrogen-bond donors (Lipinski definition) is 2. The van der Waals surface area contributed by atoms with Crippen LogP contribution in [0, 0.1) is 5.41 Å². The minimum Gasteiger partial charge on any atom is -0.496 e. The molecule has 1 heterocycles. The van der Waals surface area contributed by atoms with Crippen LogP contribution in [0.5, 0.6) is 5.75 Å². The molecule has 0 fully saturated rings. The molecule has 0 saturated carbocycles. The largest absolute Gasteiger partial charge is 0.496 e. The molecule has 1 aliphatic heterocycles. The number of amides is 1. The third-order valence-electron chi connectivity index (χ3n) is 7.71.